The lowest BCUT2D eigenvalue weighted by atomic mass is 10.1. The van der Waals surface area contributed by atoms with E-state index in [1.165, 1.54) is 11.8 Å². The Hall–Kier alpha value is -1.99. The van der Waals surface area contributed by atoms with Crippen molar-refractivity contribution in [3.8, 4) is 0 Å². The molecule has 0 unspecified atom stereocenters. The van der Waals surface area contributed by atoms with E-state index in [2.05, 4.69) is 5.32 Å². The van der Waals surface area contributed by atoms with Crippen molar-refractivity contribution in [2.24, 2.45) is 0 Å². The van der Waals surface area contributed by atoms with E-state index < -0.39 is 10.0 Å². The molecule has 2 aromatic rings. The minimum Gasteiger partial charge on any atom is -0.323 e. The van der Waals surface area contributed by atoms with Crippen LogP contribution in [0.4, 0.5) is 11.4 Å². The minimum atomic E-state index is -3.57. The fraction of sp³-hybridized carbons (Fsp3) is 0.278. The molecule has 2 aromatic carbocycles. The van der Waals surface area contributed by atoms with Crippen LogP contribution in [0.2, 0.25) is 0 Å². The molecular weight excluding hydrogens is 356 g/mol. The second-order valence-electron chi connectivity index (χ2n) is 5.54. The molecule has 0 saturated heterocycles. The number of anilines is 2. The molecule has 0 aliphatic rings. The Kier molecular flexibility index (Phi) is 6.50. The van der Waals surface area contributed by atoms with E-state index in [1.54, 1.807) is 18.2 Å². The van der Waals surface area contributed by atoms with Gasteiger partial charge in [0.15, 0.2) is 0 Å². The topological polar surface area (TPSA) is 66.5 Å². The number of para-hydroxylation sites is 1. The number of carbonyl (C=O) groups is 1. The molecule has 25 heavy (non-hydrogen) atoms. The van der Waals surface area contributed by atoms with Crippen LogP contribution in [0.5, 0.6) is 0 Å². The summed E-state index contributed by atoms with van der Waals surface area (Å²) in [7, 11) is -3.57. The maximum absolute atomic E-state index is 12.4. The molecule has 1 N–H and O–H groups in total. The molecule has 134 valence electrons. The number of sulfonamides is 1. The van der Waals surface area contributed by atoms with E-state index >= 15 is 0 Å². The van der Waals surface area contributed by atoms with Crippen molar-refractivity contribution < 1.29 is 13.2 Å². The number of rotatable bonds is 7. The van der Waals surface area contributed by atoms with Crippen molar-refractivity contribution >= 4 is 39.1 Å². The highest BCUT2D eigenvalue weighted by atomic mass is 32.2. The lowest BCUT2D eigenvalue weighted by molar-refractivity contribution is -0.114. The van der Waals surface area contributed by atoms with Gasteiger partial charge in [0, 0.05) is 4.90 Å². The van der Waals surface area contributed by atoms with E-state index in [1.807, 2.05) is 43.5 Å². The van der Waals surface area contributed by atoms with Crippen LogP contribution in [0.1, 0.15) is 12.5 Å². The standard InChI is InChI=1S/C18H22N2O3S2/c1-4-14-9-11-15(12-10-14)20(25(3,22)23)13-18(21)19-16-7-5-6-8-17(16)24-2/h5-12H,4,13H2,1-3H3,(H,19,21). The minimum absolute atomic E-state index is 0.271. The normalized spacial score (nSPS) is 11.2. The summed E-state index contributed by atoms with van der Waals surface area (Å²) in [5.41, 5.74) is 2.26. The molecule has 0 fully saturated rings. The Labute approximate surface area is 153 Å². The van der Waals surface area contributed by atoms with Crippen molar-refractivity contribution in [2.45, 2.75) is 18.2 Å². The van der Waals surface area contributed by atoms with Gasteiger partial charge in [-0.05, 0) is 42.5 Å². The molecule has 0 bridgehead atoms. The number of hydrogen-bond donors (Lipinski definition) is 1. The highest BCUT2D eigenvalue weighted by molar-refractivity contribution is 7.98. The maximum atomic E-state index is 12.4. The SMILES string of the molecule is CCc1ccc(N(CC(=O)Nc2ccccc2SC)S(C)(=O)=O)cc1. The number of nitrogens with one attached hydrogen (secondary N) is 1. The average Bonchev–Trinajstić information content (AvgIpc) is 2.59. The van der Waals surface area contributed by atoms with Gasteiger partial charge in [-0.25, -0.2) is 8.42 Å². The van der Waals surface area contributed by atoms with Gasteiger partial charge >= 0.3 is 0 Å². The fourth-order valence-corrected chi connectivity index (χ4v) is 3.78. The summed E-state index contributed by atoms with van der Waals surface area (Å²) in [6, 6.07) is 14.6. The molecule has 7 heteroatoms. The summed E-state index contributed by atoms with van der Waals surface area (Å²) in [6.45, 7) is 1.76. The molecule has 0 heterocycles. The lowest BCUT2D eigenvalue weighted by Crippen LogP contribution is -2.37. The van der Waals surface area contributed by atoms with Gasteiger partial charge < -0.3 is 5.32 Å². The number of aryl methyl sites for hydroxylation is 1. The number of carbonyl (C=O) groups excluding carboxylic acids is 1. The first-order chi connectivity index (χ1) is 11.8. The van der Waals surface area contributed by atoms with Gasteiger partial charge in [0.05, 0.1) is 17.6 Å². The summed E-state index contributed by atoms with van der Waals surface area (Å²) < 4.78 is 25.4. The lowest BCUT2D eigenvalue weighted by Gasteiger charge is -2.22. The van der Waals surface area contributed by atoms with E-state index in [-0.39, 0.29) is 12.5 Å². The first-order valence-electron chi connectivity index (χ1n) is 7.84. The molecule has 5 nitrogen and oxygen atoms in total. The largest absolute Gasteiger partial charge is 0.323 e. The quantitative estimate of drug-likeness (QED) is 0.750. The van der Waals surface area contributed by atoms with E-state index in [9.17, 15) is 13.2 Å². The predicted octanol–water partition coefficient (Wildman–Crippen LogP) is 3.38. The van der Waals surface area contributed by atoms with Gasteiger partial charge in [0.25, 0.3) is 0 Å². The molecule has 0 aromatic heterocycles. The number of amides is 1. The summed E-state index contributed by atoms with van der Waals surface area (Å²) >= 11 is 1.52. The van der Waals surface area contributed by atoms with Crippen LogP contribution >= 0.6 is 11.8 Å². The zero-order valence-corrected chi connectivity index (χ0v) is 16.2. The fourth-order valence-electron chi connectivity index (χ4n) is 2.37. The van der Waals surface area contributed by atoms with Crippen molar-refractivity contribution in [3.63, 3.8) is 0 Å². The average molecular weight is 379 g/mol. The van der Waals surface area contributed by atoms with Crippen molar-refractivity contribution in [3.05, 3.63) is 54.1 Å². The summed E-state index contributed by atoms with van der Waals surface area (Å²) in [4.78, 5) is 13.3. The third kappa shape index (κ3) is 5.24. The molecular formula is C18H22N2O3S2. The molecule has 1 amide bonds. The van der Waals surface area contributed by atoms with Crippen molar-refractivity contribution in [2.75, 3.05) is 28.7 Å². The van der Waals surface area contributed by atoms with Gasteiger partial charge in [-0.1, -0.05) is 31.2 Å². The second-order valence-corrected chi connectivity index (χ2v) is 8.29. The Balaban J connectivity index is 2.20. The van der Waals surface area contributed by atoms with Crippen LogP contribution in [-0.4, -0.2) is 33.4 Å². The number of thioether (sulfide) groups is 1. The van der Waals surface area contributed by atoms with Crippen LogP contribution in [0.25, 0.3) is 0 Å². The third-order valence-corrected chi connectivity index (χ3v) is 5.64. The monoisotopic (exact) mass is 378 g/mol. The molecule has 0 aliphatic carbocycles. The van der Waals surface area contributed by atoms with Gasteiger partial charge in [0.1, 0.15) is 6.54 Å². The van der Waals surface area contributed by atoms with Gasteiger partial charge in [-0.3, -0.25) is 9.10 Å². The van der Waals surface area contributed by atoms with Gasteiger partial charge in [-0.15, -0.1) is 11.8 Å². The Bertz CT molecular complexity index is 834. The predicted molar refractivity (Wildman–Crippen MR) is 105 cm³/mol. The summed E-state index contributed by atoms with van der Waals surface area (Å²) in [6.07, 6.45) is 3.89. The molecule has 2 rings (SSSR count). The highest BCUT2D eigenvalue weighted by Gasteiger charge is 2.21. The van der Waals surface area contributed by atoms with Crippen LogP contribution in [0, 0.1) is 0 Å². The summed E-state index contributed by atoms with van der Waals surface area (Å²) in [5, 5.41) is 2.79. The Morgan fingerprint density at radius 1 is 1.12 bits per heavy atom. The molecule has 0 spiro atoms. The second kappa shape index (κ2) is 8.40. The first kappa shape index (κ1) is 19.3. The Morgan fingerprint density at radius 2 is 1.76 bits per heavy atom. The van der Waals surface area contributed by atoms with Gasteiger partial charge in [0.2, 0.25) is 15.9 Å². The van der Waals surface area contributed by atoms with E-state index in [0.29, 0.717) is 11.4 Å². The van der Waals surface area contributed by atoms with Gasteiger partial charge in [-0.2, -0.15) is 0 Å². The van der Waals surface area contributed by atoms with Crippen LogP contribution in [0.3, 0.4) is 0 Å². The smallest absolute Gasteiger partial charge is 0.245 e. The third-order valence-electron chi connectivity index (χ3n) is 3.70. The van der Waals surface area contributed by atoms with E-state index in [0.717, 1.165) is 27.4 Å². The van der Waals surface area contributed by atoms with E-state index in [4.69, 9.17) is 0 Å². The zero-order valence-electron chi connectivity index (χ0n) is 14.5. The molecule has 0 aliphatic heterocycles. The number of benzene rings is 2. The first-order valence-corrected chi connectivity index (χ1v) is 10.9. The maximum Gasteiger partial charge on any atom is 0.245 e. The number of hydrogen-bond acceptors (Lipinski definition) is 4. The molecule has 0 radical (unpaired) electrons. The van der Waals surface area contributed by atoms with Crippen LogP contribution in [-0.2, 0) is 21.2 Å². The van der Waals surface area contributed by atoms with Crippen molar-refractivity contribution in [1.82, 2.24) is 0 Å². The summed E-state index contributed by atoms with van der Waals surface area (Å²) in [5.74, 6) is -0.383. The molecule has 0 atom stereocenters. The van der Waals surface area contributed by atoms with Crippen LogP contribution < -0.4 is 9.62 Å². The Morgan fingerprint density at radius 3 is 2.32 bits per heavy atom. The zero-order chi connectivity index (χ0) is 18.4. The van der Waals surface area contributed by atoms with Crippen LogP contribution in [0.15, 0.2) is 53.4 Å². The molecule has 0 saturated carbocycles. The highest BCUT2D eigenvalue weighted by Crippen LogP contribution is 2.25. The van der Waals surface area contributed by atoms with Crippen molar-refractivity contribution in [1.29, 1.82) is 0 Å². The number of nitrogens with zero attached hydrogens (tertiary/aromatic N) is 1.